The van der Waals surface area contributed by atoms with Crippen LogP contribution < -0.4 is 0 Å². The van der Waals surface area contributed by atoms with Crippen molar-refractivity contribution >= 4 is 11.9 Å². The second kappa shape index (κ2) is 2.57. The highest BCUT2D eigenvalue weighted by Gasteiger charge is 2.29. The van der Waals surface area contributed by atoms with Gasteiger partial charge < -0.3 is 0 Å². The van der Waals surface area contributed by atoms with Gasteiger partial charge in [-0.25, -0.2) is 0 Å². The molecule has 0 aliphatic rings. The van der Waals surface area contributed by atoms with Crippen LogP contribution in [0.2, 0.25) is 0 Å². The van der Waals surface area contributed by atoms with Crippen molar-refractivity contribution in [2.45, 2.75) is 5.51 Å². The van der Waals surface area contributed by atoms with Gasteiger partial charge in [-0.15, -0.1) is 0 Å². The molecule has 1 nitrogen and oxygen atoms in total. The topological polar surface area (TPSA) is 4.93 Å². The zero-order valence-corrected chi connectivity index (χ0v) is 5.62. The van der Waals surface area contributed by atoms with E-state index in [1.54, 1.807) is 12.1 Å². The van der Waals surface area contributed by atoms with E-state index in [4.69, 9.17) is 0 Å². The van der Waals surface area contributed by atoms with Crippen molar-refractivity contribution in [1.82, 2.24) is 3.97 Å². The Kier molecular flexibility index (Phi) is 1.94. The second-order valence-electron chi connectivity index (χ2n) is 1.58. The van der Waals surface area contributed by atoms with Crippen molar-refractivity contribution in [3.63, 3.8) is 0 Å². The largest absolute Gasteiger partial charge is 0.462 e. The molecule has 5 heteroatoms. The van der Waals surface area contributed by atoms with E-state index in [1.807, 2.05) is 0 Å². The summed E-state index contributed by atoms with van der Waals surface area (Å²) in [7, 11) is 0. The number of nitrogens with zero attached hydrogens (tertiary/aromatic N) is 1. The van der Waals surface area contributed by atoms with E-state index in [1.165, 1.54) is 12.4 Å². The number of hydrogen-bond acceptors (Lipinski definition) is 1. The summed E-state index contributed by atoms with van der Waals surface area (Å²) >= 11 is -0.176. The second-order valence-corrected chi connectivity index (χ2v) is 2.65. The van der Waals surface area contributed by atoms with E-state index in [9.17, 15) is 13.2 Å². The number of aromatic nitrogens is 1. The standard InChI is InChI=1S/C5H4F3NS/c6-5(7,8)10-9-3-1-2-4-9/h1-4H. The summed E-state index contributed by atoms with van der Waals surface area (Å²) in [5.74, 6) is 0. The maximum atomic E-state index is 11.6. The lowest BCUT2D eigenvalue weighted by Gasteiger charge is -2.03. The molecule has 0 fully saturated rings. The minimum absolute atomic E-state index is 0.176. The van der Waals surface area contributed by atoms with Crippen molar-refractivity contribution in [2.75, 3.05) is 0 Å². The van der Waals surface area contributed by atoms with Gasteiger partial charge in [-0.05, 0) is 12.1 Å². The smallest absolute Gasteiger partial charge is 0.292 e. The zero-order chi connectivity index (χ0) is 7.61. The average molecular weight is 167 g/mol. The van der Waals surface area contributed by atoms with Crippen LogP contribution in [0.15, 0.2) is 24.5 Å². The molecule has 0 saturated heterocycles. The molecular formula is C5H4F3NS. The van der Waals surface area contributed by atoms with Crippen molar-refractivity contribution in [3.8, 4) is 0 Å². The van der Waals surface area contributed by atoms with E-state index in [0.29, 0.717) is 0 Å². The Balaban J connectivity index is 2.57. The predicted molar refractivity (Wildman–Crippen MR) is 33.5 cm³/mol. The van der Waals surface area contributed by atoms with Crippen molar-refractivity contribution < 1.29 is 13.2 Å². The van der Waals surface area contributed by atoms with E-state index >= 15 is 0 Å². The van der Waals surface area contributed by atoms with Crippen molar-refractivity contribution in [1.29, 1.82) is 0 Å². The van der Waals surface area contributed by atoms with Crippen LogP contribution in [0.3, 0.4) is 0 Å². The van der Waals surface area contributed by atoms with Crippen LogP contribution in [0.25, 0.3) is 0 Å². The van der Waals surface area contributed by atoms with Gasteiger partial charge in [0.05, 0.1) is 11.9 Å². The molecule has 10 heavy (non-hydrogen) atoms. The van der Waals surface area contributed by atoms with Gasteiger partial charge in [0.25, 0.3) is 0 Å². The van der Waals surface area contributed by atoms with Gasteiger partial charge in [-0.3, -0.25) is 3.97 Å². The van der Waals surface area contributed by atoms with Crippen LogP contribution in [0.5, 0.6) is 0 Å². The molecule has 0 radical (unpaired) electrons. The summed E-state index contributed by atoms with van der Waals surface area (Å²) in [5, 5.41) is 0. The lowest BCUT2D eigenvalue weighted by molar-refractivity contribution is -0.0334. The Hall–Kier alpha value is -0.580. The van der Waals surface area contributed by atoms with Crippen LogP contribution in [-0.2, 0) is 0 Å². The summed E-state index contributed by atoms with van der Waals surface area (Å²) in [4.78, 5) is 0. The van der Waals surface area contributed by atoms with Crippen LogP contribution >= 0.6 is 11.9 Å². The molecule has 0 saturated carbocycles. The summed E-state index contributed by atoms with van der Waals surface area (Å²) in [6.07, 6.45) is 2.69. The molecule has 1 aromatic heterocycles. The fourth-order valence-electron chi connectivity index (χ4n) is 0.499. The highest BCUT2D eigenvalue weighted by molar-refractivity contribution is 7.98. The predicted octanol–water partition coefficient (Wildman–Crippen LogP) is 2.50. The van der Waals surface area contributed by atoms with Gasteiger partial charge in [-0.1, -0.05) is 0 Å². The molecule has 0 spiro atoms. The lowest BCUT2D eigenvalue weighted by atomic mass is 10.7. The van der Waals surface area contributed by atoms with E-state index < -0.39 is 5.51 Å². The third-order valence-electron chi connectivity index (χ3n) is 0.786. The molecule has 1 rings (SSSR count). The Morgan fingerprint density at radius 2 is 1.60 bits per heavy atom. The first kappa shape index (κ1) is 7.53. The van der Waals surface area contributed by atoms with Gasteiger partial charge in [0.15, 0.2) is 0 Å². The molecular weight excluding hydrogens is 163 g/mol. The highest BCUT2D eigenvalue weighted by Crippen LogP contribution is 2.30. The van der Waals surface area contributed by atoms with Gasteiger partial charge in [-0.2, -0.15) is 13.2 Å². The maximum Gasteiger partial charge on any atom is 0.462 e. The van der Waals surface area contributed by atoms with E-state index in [0.717, 1.165) is 3.97 Å². The van der Waals surface area contributed by atoms with Gasteiger partial charge in [0.2, 0.25) is 0 Å². The maximum absolute atomic E-state index is 11.6. The molecule has 0 aliphatic heterocycles. The Morgan fingerprint density at radius 3 is 2.00 bits per heavy atom. The monoisotopic (exact) mass is 167 g/mol. The molecule has 0 aromatic carbocycles. The fourth-order valence-corrected chi connectivity index (χ4v) is 1.00. The first-order chi connectivity index (χ1) is 4.58. The van der Waals surface area contributed by atoms with Crippen molar-refractivity contribution in [3.05, 3.63) is 24.5 Å². The lowest BCUT2D eigenvalue weighted by Crippen LogP contribution is -2.02. The molecule has 0 N–H and O–H groups in total. The third-order valence-corrected chi connectivity index (χ3v) is 1.45. The number of hydrogen-bond donors (Lipinski definition) is 0. The molecule has 0 aliphatic carbocycles. The Labute approximate surface area is 60.0 Å². The first-order valence-corrected chi connectivity index (χ1v) is 3.24. The molecule has 0 atom stereocenters. The zero-order valence-electron chi connectivity index (χ0n) is 4.80. The fraction of sp³-hybridized carbons (Fsp3) is 0.200. The summed E-state index contributed by atoms with van der Waals surface area (Å²) < 4.78 is 35.7. The van der Waals surface area contributed by atoms with Gasteiger partial charge >= 0.3 is 5.51 Å². The molecule has 56 valence electrons. The van der Waals surface area contributed by atoms with Crippen LogP contribution in [-0.4, -0.2) is 9.48 Å². The number of halogens is 3. The Bertz CT molecular complexity index is 191. The minimum Gasteiger partial charge on any atom is -0.292 e. The minimum atomic E-state index is -4.20. The molecule has 1 heterocycles. The normalized spacial score (nSPS) is 11.9. The molecule has 0 bridgehead atoms. The van der Waals surface area contributed by atoms with Crippen LogP contribution in [0, 0.1) is 0 Å². The molecule has 0 unspecified atom stereocenters. The highest BCUT2D eigenvalue weighted by atomic mass is 32.2. The number of alkyl halides is 3. The SMILES string of the molecule is FC(F)(F)Sn1cccc1. The average Bonchev–Trinajstić information content (AvgIpc) is 2.12. The van der Waals surface area contributed by atoms with E-state index in [2.05, 4.69) is 0 Å². The van der Waals surface area contributed by atoms with Gasteiger partial charge in [0, 0.05) is 12.4 Å². The van der Waals surface area contributed by atoms with Crippen molar-refractivity contribution in [2.24, 2.45) is 0 Å². The van der Waals surface area contributed by atoms with Crippen LogP contribution in [0.1, 0.15) is 0 Å². The van der Waals surface area contributed by atoms with E-state index in [-0.39, 0.29) is 11.9 Å². The van der Waals surface area contributed by atoms with Crippen LogP contribution in [0.4, 0.5) is 13.2 Å². The summed E-state index contributed by atoms with van der Waals surface area (Å²) in [6, 6.07) is 3.08. The quantitative estimate of drug-likeness (QED) is 0.622. The molecule has 1 aromatic rings. The summed E-state index contributed by atoms with van der Waals surface area (Å²) in [6.45, 7) is 0. The van der Waals surface area contributed by atoms with Gasteiger partial charge in [0.1, 0.15) is 0 Å². The first-order valence-electron chi connectivity index (χ1n) is 2.47. The summed E-state index contributed by atoms with van der Waals surface area (Å²) in [5.41, 5.74) is -4.20. The Morgan fingerprint density at radius 1 is 1.10 bits per heavy atom. The number of rotatable bonds is 1. The third kappa shape index (κ3) is 2.34. The molecule has 0 amide bonds.